The zero-order chi connectivity index (χ0) is 18.5. The van der Waals surface area contributed by atoms with Gasteiger partial charge < -0.3 is 0 Å². The molecule has 2 aliphatic heterocycles. The molecule has 0 N–H and O–H groups in total. The van der Waals surface area contributed by atoms with Crippen LogP contribution in [0.15, 0.2) is 53.4 Å². The topological polar surface area (TPSA) is 40.6 Å². The van der Waals surface area contributed by atoms with Crippen LogP contribution in [-0.4, -0.2) is 36.9 Å². The quantitative estimate of drug-likeness (QED) is 0.829. The van der Waals surface area contributed by atoms with Crippen LogP contribution in [-0.2, 0) is 16.4 Å². The summed E-state index contributed by atoms with van der Waals surface area (Å²) in [7, 11) is -3.52. The van der Waals surface area contributed by atoms with Crippen LogP contribution in [0.1, 0.15) is 36.6 Å². The summed E-state index contributed by atoms with van der Waals surface area (Å²) in [6.45, 7) is 7.64. The summed E-state index contributed by atoms with van der Waals surface area (Å²) in [6.07, 6.45) is 0.883. The average Bonchev–Trinajstić information content (AvgIpc) is 3.03. The van der Waals surface area contributed by atoms with Crippen molar-refractivity contribution >= 4 is 10.0 Å². The summed E-state index contributed by atoms with van der Waals surface area (Å²) in [5.41, 5.74) is 3.70. The monoisotopic (exact) mass is 370 g/mol. The van der Waals surface area contributed by atoms with Crippen LogP contribution in [0.4, 0.5) is 0 Å². The van der Waals surface area contributed by atoms with Gasteiger partial charge in [-0.2, -0.15) is 4.31 Å². The van der Waals surface area contributed by atoms with E-state index in [9.17, 15) is 8.42 Å². The fourth-order valence-corrected chi connectivity index (χ4v) is 6.17. The van der Waals surface area contributed by atoms with Gasteiger partial charge in [0.1, 0.15) is 0 Å². The Hall–Kier alpha value is -1.69. The maximum Gasteiger partial charge on any atom is 0.244 e. The van der Waals surface area contributed by atoms with Gasteiger partial charge in [0.05, 0.1) is 17.1 Å². The number of hydrogen-bond acceptors (Lipinski definition) is 3. The van der Waals surface area contributed by atoms with Crippen molar-refractivity contribution in [3.05, 3.63) is 65.2 Å². The van der Waals surface area contributed by atoms with Crippen molar-refractivity contribution in [3.63, 3.8) is 0 Å². The van der Waals surface area contributed by atoms with Crippen molar-refractivity contribution in [2.24, 2.45) is 5.92 Å². The van der Waals surface area contributed by atoms with Gasteiger partial charge in [-0.05, 0) is 42.5 Å². The van der Waals surface area contributed by atoms with Crippen LogP contribution in [0.2, 0.25) is 0 Å². The molecule has 2 atom stereocenters. The lowest BCUT2D eigenvalue weighted by Crippen LogP contribution is -2.47. The fraction of sp³-hybridized carbons (Fsp3) is 0.429. The lowest BCUT2D eigenvalue weighted by atomic mass is 9.93. The van der Waals surface area contributed by atoms with Crippen molar-refractivity contribution in [2.45, 2.75) is 44.3 Å². The Morgan fingerprint density at radius 1 is 1.04 bits per heavy atom. The standard InChI is InChI=1S/C21H26N2O2S/c1-15(2)21-22-13-12-17-6-4-5-7-19(17)20(22)14-23(21)26(24,25)18-10-8-16(3)9-11-18/h4-11,15,20-21H,12-14H2,1-3H3. The van der Waals surface area contributed by atoms with Gasteiger partial charge in [0.25, 0.3) is 0 Å². The van der Waals surface area contributed by atoms with E-state index < -0.39 is 10.0 Å². The molecular weight excluding hydrogens is 344 g/mol. The summed E-state index contributed by atoms with van der Waals surface area (Å²) in [4.78, 5) is 2.78. The molecule has 2 aromatic rings. The van der Waals surface area contributed by atoms with Crippen molar-refractivity contribution in [2.75, 3.05) is 13.1 Å². The Kier molecular flexibility index (Phi) is 4.41. The largest absolute Gasteiger partial charge is 0.278 e. The van der Waals surface area contributed by atoms with E-state index in [1.807, 2.05) is 19.1 Å². The van der Waals surface area contributed by atoms with Gasteiger partial charge in [0, 0.05) is 13.1 Å². The van der Waals surface area contributed by atoms with Crippen molar-refractivity contribution in [1.82, 2.24) is 9.21 Å². The van der Waals surface area contributed by atoms with Gasteiger partial charge in [-0.25, -0.2) is 8.42 Å². The van der Waals surface area contributed by atoms with Crippen LogP contribution in [0.25, 0.3) is 0 Å². The van der Waals surface area contributed by atoms with Crippen molar-refractivity contribution in [1.29, 1.82) is 0 Å². The SMILES string of the molecule is Cc1ccc(S(=O)(=O)N2CC3c4ccccc4CCN3C2C(C)C)cc1. The van der Waals surface area contributed by atoms with Crippen molar-refractivity contribution in [3.8, 4) is 0 Å². The highest BCUT2D eigenvalue weighted by molar-refractivity contribution is 7.89. The molecule has 2 aromatic carbocycles. The predicted molar refractivity (Wildman–Crippen MR) is 103 cm³/mol. The molecule has 0 amide bonds. The van der Waals surface area contributed by atoms with Crippen LogP contribution < -0.4 is 0 Å². The highest BCUT2D eigenvalue weighted by Gasteiger charge is 2.48. The molecule has 5 heteroatoms. The van der Waals surface area contributed by atoms with Crippen LogP contribution in [0, 0.1) is 12.8 Å². The van der Waals surface area contributed by atoms with E-state index >= 15 is 0 Å². The molecule has 26 heavy (non-hydrogen) atoms. The average molecular weight is 371 g/mol. The van der Waals surface area contributed by atoms with Gasteiger partial charge in [-0.15, -0.1) is 0 Å². The van der Waals surface area contributed by atoms with E-state index in [2.05, 4.69) is 43.0 Å². The Labute approximate surface area is 156 Å². The molecule has 2 unspecified atom stereocenters. The minimum Gasteiger partial charge on any atom is -0.278 e. The Morgan fingerprint density at radius 3 is 2.42 bits per heavy atom. The number of benzene rings is 2. The van der Waals surface area contributed by atoms with Gasteiger partial charge >= 0.3 is 0 Å². The molecule has 0 aromatic heterocycles. The molecule has 0 aliphatic carbocycles. The van der Waals surface area contributed by atoms with E-state index in [0.29, 0.717) is 11.4 Å². The first-order valence-electron chi connectivity index (χ1n) is 9.31. The van der Waals surface area contributed by atoms with Gasteiger partial charge in [-0.1, -0.05) is 55.8 Å². The lowest BCUT2D eigenvalue weighted by molar-refractivity contribution is 0.113. The first-order valence-corrected chi connectivity index (χ1v) is 10.8. The van der Waals surface area contributed by atoms with Crippen LogP contribution >= 0.6 is 0 Å². The zero-order valence-electron chi connectivity index (χ0n) is 15.6. The minimum atomic E-state index is -3.52. The summed E-state index contributed by atoms with van der Waals surface area (Å²) < 4.78 is 28.6. The normalized spacial score (nSPS) is 23.8. The number of sulfonamides is 1. The Morgan fingerprint density at radius 2 is 1.73 bits per heavy atom. The molecule has 2 aliphatic rings. The lowest BCUT2D eigenvalue weighted by Gasteiger charge is -2.37. The predicted octanol–water partition coefficient (Wildman–Crippen LogP) is 3.58. The molecule has 2 heterocycles. The van der Waals surface area contributed by atoms with Gasteiger partial charge in [0.15, 0.2) is 0 Å². The van der Waals surface area contributed by atoms with Gasteiger partial charge in [0.2, 0.25) is 10.0 Å². The number of hydrogen-bond donors (Lipinski definition) is 0. The molecule has 0 saturated carbocycles. The summed E-state index contributed by atoms with van der Waals surface area (Å²) in [5, 5.41) is 0. The first-order chi connectivity index (χ1) is 12.4. The number of fused-ring (bicyclic) bond motifs is 3. The summed E-state index contributed by atoms with van der Waals surface area (Å²) in [6, 6.07) is 15.8. The van der Waals surface area contributed by atoms with E-state index in [1.165, 1.54) is 11.1 Å². The van der Waals surface area contributed by atoms with E-state index in [1.54, 1.807) is 16.4 Å². The third-order valence-electron chi connectivity index (χ3n) is 5.67. The Bertz CT molecular complexity index is 906. The summed E-state index contributed by atoms with van der Waals surface area (Å²) >= 11 is 0. The molecule has 1 fully saturated rings. The van der Waals surface area contributed by atoms with Crippen LogP contribution in [0.3, 0.4) is 0 Å². The molecule has 4 rings (SSSR count). The maximum atomic E-state index is 13.4. The molecule has 138 valence electrons. The van der Waals surface area contributed by atoms with E-state index in [-0.39, 0.29) is 18.1 Å². The second-order valence-electron chi connectivity index (χ2n) is 7.75. The van der Waals surface area contributed by atoms with E-state index in [0.717, 1.165) is 18.5 Å². The smallest absolute Gasteiger partial charge is 0.244 e. The fourth-order valence-electron chi connectivity index (χ4n) is 4.44. The molecular formula is C21H26N2O2S. The second kappa shape index (κ2) is 6.48. The van der Waals surface area contributed by atoms with Crippen LogP contribution in [0.5, 0.6) is 0 Å². The number of nitrogens with zero attached hydrogens (tertiary/aromatic N) is 2. The third-order valence-corrected chi connectivity index (χ3v) is 7.52. The van der Waals surface area contributed by atoms with E-state index in [4.69, 9.17) is 0 Å². The molecule has 0 spiro atoms. The van der Waals surface area contributed by atoms with Gasteiger partial charge in [-0.3, -0.25) is 4.90 Å². The molecule has 4 nitrogen and oxygen atoms in total. The second-order valence-corrected chi connectivity index (χ2v) is 9.64. The number of aryl methyl sites for hydroxylation is 1. The Balaban J connectivity index is 1.76. The van der Waals surface area contributed by atoms with Crippen molar-refractivity contribution < 1.29 is 8.42 Å². The highest BCUT2D eigenvalue weighted by Crippen LogP contribution is 2.42. The summed E-state index contributed by atoms with van der Waals surface area (Å²) in [5.74, 6) is 0.227. The number of rotatable bonds is 3. The minimum absolute atomic E-state index is 0.0975. The molecule has 1 saturated heterocycles. The molecule has 0 bridgehead atoms. The molecule has 0 radical (unpaired) electrons. The maximum absolute atomic E-state index is 13.4. The zero-order valence-corrected chi connectivity index (χ0v) is 16.4. The third kappa shape index (κ3) is 2.79. The highest BCUT2D eigenvalue weighted by atomic mass is 32.2. The first kappa shape index (κ1) is 17.7.